The van der Waals surface area contributed by atoms with Gasteiger partial charge in [0.05, 0.1) is 11.8 Å². The quantitative estimate of drug-likeness (QED) is 0.361. The number of hydrogen-bond acceptors (Lipinski definition) is 3. The molecule has 2 aliphatic heterocycles. The first-order valence-corrected chi connectivity index (χ1v) is 10.9. The SMILES string of the molecule is Clc1ccc(C2=NN3[C@@H](C2)c2cc(Br)ccc2O[C@H]3c2ccc(Br)cc2)cc1. The molecular formula is C22H15Br2ClN2O. The molecule has 0 saturated heterocycles. The van der Waals surface area contributed by atoms with Crippen molar-refractivity contribution in [3.8, 4) is 5.75 Å². The molecule has 0 bridgehead atoms. The maximum absolute atomic E-state index is 6.39. The molecule has 0 saturated carbocycles. The van der Waals surface area contributed by atoms with Gasteiger partial charge >= 0.3 is 0 Å². The van der Waals surface area contributed by atoms with Gasteiger partial charge in [-0.3, -0.25) is 0 Å². The zero-order valence-corrected chi connectivity index (χ0v) is 18.6. The third-order valence-corrected chi connectivity index (χ3v) is 6.36. The molecule has 0 radical (unpaired) electrons. The molecule has 3 aromatic carbocycles. The normalized spacial score (nSPS) is 20.2. The Morgan fingerprint density at radius 2 is 1.64 bits per heavy atom. The molecule has 5 rings (SSSR count). The predicted octanol–water partition coefficient (Wildman–Crippen LogP) is 7.11. The molecule has 0 spiro atoms. The third kappa shape index (κ3) is 3.25. The van der Waals surface area contributed by atoms with Crippen LogP contribution in [0.1, 0.15) is 35.4 Å². The molecule has 0 unspecified atom stereocenters. The first-order chi connectivity index (χ1) is 13.6. The monoisotopic (exact) mass is 516 g/mol. The number of hydrogen-bond donors (Lipinski definition) is 0. The van der Waals surface area contributed by atoms with Crippen LogP contribution in [0.3, 0.4) is 0 Å². The number of halogens is 3. The van der Waals surface area contributed by atoms with Crippen LogP contribution in [0, 0.1) is 0 Å². The van der Waals surface area contributed by atoms with Gasteiger partial charge in [0.1, 0.15) is 5.75 Å². The van der Waals surface area contributed by atoms with Crippen LogP contribution in [0.4, 0.5) is 0 Å². The fourth-order valence-electron chi connectivity index (χ4n) is 3.72. The lowest BCUT2D eigenvalue weighted by Crippen LogP contribution is -2.33. The van der Waals surface area contributed by atoms with Crippen LogP contribution in [-0.4, -0.2) is 10.7 Å². The van der Waals surface area contributed by atoms with Gasteiger partial charge in [-0.1, -0.05) is 67.7 Å². The smallest absolute Gasteiger partial charge is 0.213 e. The van der Waals surface area contributed by atoms with Crippen LogP contribution in [0.25, 0.3) is 0 Å². The van der Waals surface area contributed by atoms with Gasteiger partial charge in [-0.25, -0.2) is 5.01 Å². The maximum Gasteiger partial charge on any atom is 0.213 e. The van der Waals surface area contributed by atoms with Crippen LogP contribution in [0.5, 0.6) is 5.75 Å². The Kier molecular flexibility index (Phi) is 4.69. The highest BCUT2D eigenvalue weighted by Crippen LogP contribution is 2.48. The van der Waals surface area contributed by atoms with E-state index in [9.17, 15) is 0 Å². The highest BCUT2D eigenvalue weighted by Gasteiger charge is 2.41. The van der Waals surface area contributed by atoms with Crippen molar-refractivity contribution < 1.29 is 4.74 Å². The maximum atomic E-state index is 6.39. The van der Waals surface area contributed by atoms with E-state index in [2.05, 4.69) is 55.1 Å². The van der Waals surface area contributed by atoms with Gasteiger partial charge < -0.3 is 4.74 Å². The first kappa shape index (κ1) is 18.2. The number of rotatable bonds is 2. The van der Waals surface area contributed by atoms with Crippen molar-refractivity contribution in [1.82, 2.24) is 5.01 Å². The Morgan fingerprint density at radius 3 is 2.39 bits per heavy atom. The van der Waals surface area contributed by atoms with E-state index in [1.54, 1.807) is 0 Å². The molecule has 0 N–H and O–H groups in total. The summed E-state index contributed by atoms with van der Waals surface area (Å²) in [7, 11) is 0. The molecule has 2 heterocycles. The molecule has 3 aromatic rings. The molecule has 0 aromatic heterocycles. The minimum Gasteiger partial charge on any atom is -0.464 e. The van der Waals surface area contributed by atoms with Gasteiger partial charge in [-0.05, 0) is 48.0 Å². The predicted molar refractivity (Wildman–Crippen MR) is 119 cm³/mol. The number of fused-ring (bicyclic) bond motifs is 3. The van der Waals surface area contributed by atoms with E-state index in [1.807, 2.05) is 48.5 Å². The Balaban J connectivity index is 1.59. The zero-order valence-electron chi connectivity index (χ0n) is 14.6. The summed E-state index contributed by atoms with van der Waals surface area (Å²) in [6.45, 7) is 0. The van der Waals surface area contributed by atoms with Crippen LogP contribution < -0.4 is 4.74 Å². The van der Waals surface area contributed by atoms with E-state index >= 15 is 0 Å². The van der Waals surface area contributed by atoms with E-state index in [0.29, 0.717) is 0 Å². The highest BCUT2D eigenvalue weighted by atomic mass is 79.9. The Labute approximate surface area is 185 Å². The molecule has 6 heteroatoms. The van der Waals surface area contributed by atoms with Crippen molar-refractivity contribution in [3.63, 3.8) is 0 Å². The summed E-state index contributed by atoms with van der Waals surface area (Å²) in [5, 5.41) is 7.79. The lowest BCUT2D eigenvalue weighted by molar-refractivity contribution is -0.0190. The van der Waals surface area contributed by atoms with E-state index in [0.717, 1.165) is 48.5 Å². The van der Waals surface area contributed by atoms with Gasteiger partial charge in [0, 0.05) is 31.5 Å². The van der Waals surface area contributed by atoms with Gasteiger partial charge in [-0.2, -0.15) is 5.10 Å². The minimum atomic E-state index is -0.267. The largest absolute Gasteiger partial charge is 0.464 e. The Bertz CT molecular complexity index is 1070. The standard InChI is InChI=1S/C22H15Br2ClN2O/c23-15-5-1-14(2-6-15)22-27-20(18-11-16(24)7-10-21(18)28-22)12-19(26-27)13-3-8-17(25)9-4-13/h1-11,20,22H,12H2/t20-,22-/m0/s1. The number of ether oxygens (including phenoxy) is 1. The van der Waals surface area contributed by atoms with Crippen molar-refractivity contribution in [2.45, 2.75) is 18.7 Å². The van der Waals surface area contributed by atoms with Crippen molar-refractivity contribution in [3.05, 3.63) is 97.4 Å². The minimum absolute atomic E-state index is 0.126. The summed E-state index contributed by atoms with van der Waals surface area (Å²) < 4.78 is 8.47. The van der Waals surface area contributed by atoms with Gasteiger partial charge in [0.2, 0.25) is 6.23 Å². The van der Waals surface area contributed by atoms with Crippen LogP contribution >= 0.6 is 43.5 Å². The third-order valence-electron chi connectivity index (χ3n) is 5.08. The summed E-state index contributed by atoms with van der Waals surface area (Å²) in [5.74, 6) is 0.907. The van der Waals surface area contributed by atoms with Crippen LogP contribution in [-0.2, 0) is 0 Å². The van der Waals surface area contributed by atoms with Gasteiger partial charge in [0.25, 0.3) is 0 Å². The lowest BCUT2D eigenvalue weighted by atomic mass is 9.96. The van der Waals surface area contributed by atoms with Crippen molar-refractivity contribution in [1.29, 1.82) is 0 Å². The van der Waals surface area contributed by atoms with Crippen molar-refractivity contribution in [2.24, 2.45) is 5.10 Å². The summed E-state index contributed by atoms with van der Waals surface area (Å²) in [5.41, 5.74) is 4.35. The topological polar surface area (TPSA) is 24.8 Å². The van der Waals surface area contributed by atoms with E-state index in [4.69, 9.17) is 21.4 Å². The first-order valence-electron chi connectivity index (χ1n) is 8.92. The summed E-state index contributed by atoms with van der Waals surface area (Å²) in [6.07, 6.45) is 0.554. The van der Waals surface area contributed by atoms with Crippen molar-refractivity contribution in [2.75, 3.05) is 0 Å². The van der Waals surface area contributed by atoms with E-state index in [-0.39, 0.29) is 12.3 Å². The second-order valence-electron chi connectivity index (χ2n) is 6.86. The summed E-state index contributed by atoms with van der Waals surface area (Å²) >= 11 is 13.2. The molecule has 0 amide bonds. The highest BCUT2D eigenvalue weighted by molar-refractivity contribution is 9.10. The molecule has 3 nitrogen and oxygen atoms in total. The Morgan fingerprint density at radius 1 is 0.929 bits per heavy atom. The Hall–Kier alpha value is -1.82. The number of hydrazone groups is 1. The zero-order chi connectivity index (χ0) is 19.3. The molecule has 2 atom stereocenters. The van der Waals surface area contributed by atoms with E-state index < -0.39 is 0 Å². The molecule has 0 fully saturated rings. The van der Waals surface area contributed by atoms with E-state index in [1.165, 1.54) is 0 Å². The van der Waals surface area contributed by atoms with Gasteiger partial charge in [-0.15, -0.1) is 0 Å². The second-order valence-corrected chi connectivity index (χ2v) is 9.13. The summed E-state index contributed by atoms with van der Waals surface area (Å²) in [4.78, 5) is 0. The van der Waals surface area contributed by atoms with Crippen LogP contribution in [0.2, 0.25) is 5.02 Å². The molecule has 28 heavy (non-hydrogen) atoms. The number of nitrogens with zero attached hydrogens (tertiary/aromatic N) is 2. The van der Waals surface area contributed by atoms with Crippen molar-refractivity contribution >= 4 is 49.2 Å². The number of benzene rings is 3. The lowest BCUT2D eigenvalue weighted by Gasteiger charge is -2.38. The molecule has 2 aliphatic rings. The fraction of sp³-hybridized carbons (Fsp3) is 0.136. The fourth-order valence-corrected chi connectivity index (χ4v) is 4.49. The summed E-state index contributed by atoms with van der Waals surface area (Å²) in [6, 6.07) is 22.4. The molecular weight excluding hydrogens is 504 g/mol. The molecule has 140 valence electrons. The van der Waals surface area contributed by atoms with Gasteiger partial charge in [0.15, 0.2) is 0 Å². The van der Waals surface area contributed by atoms with Crippen LogP contribution in [0.15, 0.2) is 80.8 Å². The second kappa shape index (κ2) is 7.21. The molecule has 0 aliphatic carbocycles. The average molecular weight is 519 g/mol. The average Bonchev–Trinajstić information content (AvgIpc) is 3.14.